The number of rotatable bonds is 0. The number of nitrogens with one attached hydrogen (secondary N) is 2. The summed E-state index contributed by atoms with van der Waals surface area (Å²) in [5.41, 5.74) is 0. The number of carbonyl (C=O) groups excluding carboxylic acids is 2. The predicted octanol–water partition coefficient (Wildman–Crippen LogP) is 6.36. The lowest BCUT2D eigenvalue weighted by Gasteiger charge is -1.69. The molecule has 0 unspecified atom stereocenters. The van der Waals surface area contributed by atoms with Crippen molar-refractivity contribution in [1.29, 1.82) is 10.8 Å². The first-order valence-electron chi connectivity index (χ1n) is 4.91. The molecular formula is C19H34N2O2. The Labute approximate surface area is 143 Å². The van der Waals surface area contributed by atoms with Crippen LogP contribution in [0.4, 0.5) is 0 Å². The Morgan fingerprint density at radius 1 is 0.391 bits per heavy atom. The summed E-state index contributed by atoms with van der Waals surface area (Å²) < 4.78 is 0. The maximum atomic E-state index is 8.35. The van der Waals surface area contributed by atoms with Crippen molar-refractivity contribution in [2.45, 2.75) is 37.1 Å². The van der Waals surface area contributed by atoms with Gasteiger partial charge < -0.3 is 0 Å². The molecule has 0 fully saturated rings. The van der Waals surface area contributed by atoms with E-state index in [9.17, 15) is 0 Å². The van der Waals surface area contributed by atoms with Crippen LogP contribution in [0.1, 0.15) is 37.1 Å². The highest BCUT2D eigenvalue weighted by molar-refractivity contribution is 5.26. The van der Waals surface area contributed by atoms with E-state index >= 15 is 0 Å². The van der Waals surface area contributed by atoms with E-state index in [0.717, 1.165) is 12.2 Å². The van der Waals surface area contributed by atoms with Crippen molar-refractivity contribution in [3.05, 3.63) is 72.8 Å². The highest BCUT2D eigenvalue weighted by Gasteiger charge is 1.58. The van der Waals surface area contributed by atoms with Gasteiger partial charge in [-0.3, -0.25) is 0 Å². The summed E-state index contributed by atoms with van der Waals surface area (Å²) in [4.78, 5) is 16.7. The van der Waals surface area contributed by atoms with E-state index in [2.05, 4.69) is 0 Å². The van der Waals surface area contributed by atoms with Gasteiger partial charge in [0, 0.05) is 0 Å². The van der Waals surface area contributed by atoms with Crippen molar-refractivity contribution in [3.63, 3.8) is 0 Å². The van der Waals surface area contributed by atoms with Crippen LogP contribution < -0.4 is 0 Å². The van der Waals surface area contributed by atoms with Gasteiger partial charge in [-0.15, -0.1) is 0 Å². The van der Waals surface area contributed by atoms with E-state index in [0.29, 0.717) is 0 Å². The van der Waals surface area contributed by atoms with Gasteiger partial charge in [0.05, 0.1) is 0 Å². The number of isocyanates is 2. The lowest BCUT2D eigenvalue weighted by molar-refractivity contribution is 0.562. The van der Waals surface area contributed by atoms with Crippen LogP contribution in [0.5, 0.6) is 0 Å². The van der Waals surface area contributed by atoms with Gasteiger partial charge in [0.2, 0.25) is 12.2 Å². The van der Waals surface area contributed by atoms with Crippen LogP contribution in [-0.4, -0.2) is 12.2 Å². The van der Waals surface area contributed by atoms with Crippen LogP contribution in [0.3, 0.4) is 0 Å². The molecule has 2 N–H and O–H groups in total. The quantitative estimate of drug-likeness (QED) is 0.437. The molecule has 2 aromatic rings. The zero-order valence-corrected chi connectivity index (χ0v) is 9.74. The molecule has 4 nitrogen and oxygen atoms in total. The van der Waals surface area contributed by atoms with Gasteiger partial charge in [0.1, 0.15) is 0 Å². The molecule has 0 aromatic heterocycles. The van der Waals surface area contributed by atoms with E-state index in [4.69, 9.17) is 20.4 Å². The predicted molar refractivity (Wildman–Crippen MR) is 103 cm³/mol. The van der Waals surface area contributed by atoms with Crippen molar-refractivity contribution >= 4 is 12.2 Å². The Bertz CT molecular complexity index is 323. The molecule has 132 valence electrons. The number of benzene rings is 2. The summed E-state index contributed by atoms with van der Waals surface area (Å²) in [5.74, 6) is 0. The van der Waals surface area contributed by atoms with Gasteiger partial charge in [-0.2, -0.15) is 0 Å². The van der Waals surface area contributed by atoms with Crippen molar-refractivity contribution < 1.29 is 9.59 Å². The molecule has 0 radical (unpaired) electrons. The van der Waals surface area contributed by atoms with Crippen molar-refractivity contribution in [1.82, 2.24) is 0 Å². The van der Waals surface area contributed by atoms with E-state index in [-0.39, 0.29) is 37.1 Å². The molecule has 4 heteroatoms. The monoisotopic (exact) mass is 322 g/mol. The SMILES string of the molecule is C.C.C.C.C.N=C=O.N=C=O.c1ccccc1.c1ccccc1. The summed E-state index contributed by atoms with van der Waals surface area (Å²) in [6, 6.07) is 24.0. The fourth-order valence-corrected chi connectivity index (χ4v) is 0.770. The van der Waals surface area contributed by atoms with Crippen LogP contribution in [0, 0.1) is 10.8 Å². The van der Waals surface area contributed by atoms with Crippen LogP contribution in [0.2, 0.25) is 0 Å². The Balaban J connectivity index is -0.0000000290. The van der Waals surface area contributed by atoms with Gasteiger partial charge in [-0.25, -0.2) is 20.4 Å². The van der Waals surface area contributed by atoms with Gasteiger partial charge >= 0.3 is 0 Å². The average Bonchev–Trinajstić information content (AvgIpc) is 2.45. The first-order chi connectivity index (χ1) is 8.83. The van der Waals surface area contributed by atoms with Gasteiger partial charge in [-0.05, 0) is 0 Å². The largest absolute Gasteiger partial charge is 0.231 e. The summed E-state index contributed by atoms with van der Waals surface area (Å²) >= 11 is 0. The van der Waals surface area contributed by atoms with Crippen LogP contribution in [0.25, 0.3) is 0 Å². The standard InChI is InChI=1S/2C6H6.2CHNO.5CH4/c2*1-2-4-6-5-3-1;2*2-1-3;;;;;/h2*1-6H;2*2H;5*1H4. The molecule has 0 aliphatic carbocycles. The van der Waals surface area contributed by atoms with Gasteiger partial charge in [0.25, 0.3) is 0 Å². The van der Waals surface area contributed by atoms with E-state index in [1.165, 1.54) is 0 Å². The fraction of sp³-hybridized carbons (Fsp3) is 0.263. The molecule has 0 heterocycles. The Morgan fingerprint density at radius 2 is 0.435 bits per heavy atom. The third kappa shape index (κ3) is 67.1. The summed E-state index contributed by atoms with van der Waals surface area (Å²) in [6.07, 6.45) is 1.50. The van der Waals surface area contributed by atoms with E-state index in [1.807, 2.05) is 72.8 Å². The number of hydrogen-bond donors (Lipinski definition) is 2. The minimum atomic E-state index is 0. The zero-order valence-electron chi connectivity index (χ0n) is 9.74. The van der Waals surface area contributed by atoms with Crippen molar-refractivity contribution in [3.8, 4) is 0 Å². The molecule has 0 amide bonds. The second-order valence-electron chi connectivity index (χ2n) is 2.51. The van der Waals surface area contributed by atoms with Crippen LogP contribution in [0.15, 0.2) is 72.8 Å². The molecule has 0 spiro atoms. The molecule has 0 saturated carbocycles. The minimum absolute atomic E-state index is 0. The Hall–Kier alpha value is -2.80. The highest BCUT2D eigenvalue weighted by atomic mass is 16.1. The Morgan fingerprint density at radius 3 is 0.478 bits per heavy atom. The molecular weight excluding hydrogens is 288 g/mol. The highest BCUT2D eigenvalue weighted by Crippen LogP contribution is 1.80. The van der Waals surface area contributed by atoms with Crippen molar-refractivity contribution in [2.75, 3.05) is 0 Å². The fourth-order valence-electron chi connectivity index (χ4n) is 0.770. The summed E-state index contributed by atoms with van der Waals surface area (Å²) in [7, 11) is 0. The van der Waals surface area contributed by atoms with E-state index < -0.39 is 0 Å². The molecule has 0 saturated heterocycles. The molecule has 0 aliphatic rings. The topological polar surface area (TPSA) is 81.8 Å². The number of hydrogen-bond acceptors (Lipinski definition) is 4. The molecule has 2 aromatic carbocycles. The van der Waals surface area contributed by atoms with E-state index in [1.54, 1.807) is 0 Å². The third-order valence-electron chi connectivity index (χ3n) is 1.33. The molecule has 2 rings (SSSR count). The first kappa shape index (κ1) is 42.7. The second-order valence-corrected chi connectivity index (χ2v) is 2.51. The third-order valence-corrected chi connectivity index (χ3v) is 1.33. The normalized spacial score (nSPS) is 4.87. The average molecular weight is 322 g/mol. The molecule has 0 aliphatic heterocycles. The van der Waals surface area contributed by atoms with Crippen LogP contribution in [-0.2, 0) is 9.59 Å². The van der Waals surface area contributed by atoms with Gasteiger partial charge in [0.15, 0.2) is 0 Å². The summed E-state index contributed by atoms with van der Waals surface area (Å²) in [6.45, 7) is 0. The lowest BCUT2D eigenvalue weighted by Crippen LogP contribution is -1.47. The second kappa shape index (κ2) is 50.7. The Kier molecular flexibility index (Phi) is 94.2. The molecule has 0 bridgehead atoms. The van der Waals surface area contributed by atoms with Crippen LogP contribution >= 0.6 is 0 Å². The van der Waals surface area contributed by atoms with Crippen molar-refractivity contribution in [2.24, 2.45) is 0 Å². The smallest absolute Gasteiger partial charge is 0.222 e. The summed E-state index contributed by atoms with van der Waals surface area (Å²) in [5, 5.41) is 10.8. The van der Waals surface area contributed by atoms with Gasteiger partial charge in [-0.1, -0.05) is 110 Å². The first-order valence-corrected chi connectivity index (χ1v) is 4.91. The molecule has 0 atom stereocenters. The maximum absolute atomic E-state index is 8.35. The minimum Gasteiger partial charge on any atom is -0.222 e. The maximum Gasteiger partial charge on any atom is 0.231 e. The molecule has 23 heavy (non-hydrogen) atoms. The lowest BCUT2D eigenvalue weighted by atomic mass is 10.4. The zero-order chi connectivity index (χ0) is 13.9.